The Balaban J connectivity index is 3.60. The molecule has 0 atom stereocenters. The fourth-order valence-corrected chi connectivity index (χ4v) is 1.59. The lowest BCUT2D eigenvalue weighted by Gasteiger charge is -2.19. The Morgan fingerprint density at radius 1 is 1.15 bits per heavy atom. The number of benzene rings is 1. The molecule has 112 valence electrons. The standard InChI is InChI=1S/C11H8F6O3/c1-20-8(19)4-5-7(18)3-2-6(10(12,13)14)9(5)11(15,16)17/h2-3,18H,4H2,1H3. The van der Waals surface area contributed by atoms with Crippen LogP contribution in [0.5, 0.6) is 5.75 Å². The Hall–Kier alpha value is -1.93. The second kappa shape index (κ2) is 5.22. The highest BCUT2D eigenvalue weighted by molar-refractivity contribution is 5.74. The molecule has 0 spiro atoms. The van der Waals surface area contributed by atoms with Crippen LogP contribution in [0.25, 0.3) is 0 Å². The van der Waals surface area contributed by atoms with Crippen LogP contribution in [0.2, 0.25) is 0 Å². The van der Waals surface area contributed by atoms with Gasteiger partial charge in [-0.25, -0.2) is 0 Å². The van der Waals surface area contributed by atoms with Crippen molar-refractivity contribution >= 4 is 5.97 Å². The monoisotopic (exact) mass is 302 g/mol. The van der Waals surface area contributed by atoms with E-state index >= 15 is 0 Å². The zero-order valence-electron chi connectivity index (χ0n) is 9.89. The molecule has 20 heavy (non-hydrogen) atoms. The molecule has 0 aromatic heterocycles. The van der Waals surface area contributed by atoms with Crippen molar-refractivity contribution in [1.29, 1.82) is 0 Å². The maximum Gasteiger partial charge on any atom is 0.417 e. The van der Waals surface area contributed by atoms with E-state index < -0.39 is 47.2 Å². The third-order valence-electron chi connectivity index (χ3n) is 2.43. The number of phenols is 1. The number of hydrogen-bond acceptors (Lipinski definition) is 3. The predicted molar refractivity (Wildman–Crippen MR) is 53.8 cm³/mol. The first-order valence-electron chi connectivity index (χ1n) is 5.04. The van der Waals surface area contributed by atoms with Gasteiger partial charge in [0.1, 0.15) is 5.75 Å². The van der Waals surface area contributed by atoms with E-state index in [1.165, 1.54) is 0 Å². The van der Waals surface area contributed by atoms with E-state index in [1.54, 1.807) is 0 Å². The molecule has 0 amide bonds. The van der Waals surface area contributed by atoms with Crippen molar-refractivity contribution in [1.82, 2.24) is 0 Å². The Kier molecular flexibility index (Phi) is 4.21. The summed E-state index contributed by atoms with van der Waals surface area (Å²) in [6.45, 7) is 0. The maximum atomic E-state index is 12.8. The molecule has 0 radical (unpaired) electrons. The molecular formula is C11H8F6O3. The smallest absolute Gasteiger partial charge is 0.417 e. The van der Waals surface area contributed by atoms with Gasteiger partial charge in [0.2, 0.25) is 0 Å². The van der Waals surface area contributed by atoms with Gasteiger partial charge in [-0.3, -0.25) is 4.79 Å². The van der Waals surface area contributed by atoms with Crippen LogP contribution in [0.4, 0.5) is 26.3 Å². The summed E-state index contributed by atoms with van der Waals surface area (Å²) >= 11 is 0. The summed E-state index contributed by atoms with van der Waals surface area (Å²) in [7, 11) is 0.861. The van der Waals surface area contributed by atoms with E-state index in [4.69, 9.17) is 0 Å². The lowest BCUT2D eigenvalue weighted by Crippen LogP contribution is -2.20. The lowest BCUT2D eigenvalue weighted by molar-refractivity contribution is -0.162. The van der Waals surface area contributed by atoms with Gasteiger partial charge in [-0.2, -0.15) is 26.3 Å². The number of ether oxygens (including phenoxy) is 1. The lowest BCUT2D eigenvalue weighted by atomic mass is 9.96. The molecule has 0 unspecified atom stereocenters. The Morgan fingerprint density at radius 3 is 2.10 bits per heavy atom. The van der Waals surface area contributed by atoms with Crippen molar-refractivity contribution in [3.8, 4) is 5.75 Å². The average Bonchev–Trinajstić information content (AvgIpc) is 2.28. The second-order valence-electron chi connectivity index (χ2n) is 3.73. The first-order chi connectivity index (χ1) is 8.98. The maximum absolute atomic E-state index is 12.8. The Morgan fingerprint density at radius 2 is 1.70 bits per heavy atom. The first-order valence-corrected chi connectivity index (χ1v) is 5.04. The minimum Gasteiger partial charge on any atom is -0.508 e. The van der Waals surface area contributed by atoms with E-state index in [0.29, 0.717) is 6.07 Å². The van der Waals surface area contributed by atoms with Gasteiger partial charge >= 0.3 is 18.3 Å². The average molecular weight is 302 g/mol. The number of halogens is 6. The van der Waals surface area contributed by atoms with Gasteiger partial charge in [-0.05, 0) is 12.1 Å². The summed E-state index contributed by atoms with van der Waals surface area (Å²) in [5.74, 6) is -2.26. The normalized spacial score (nSPS) is 12.3. The molecule has 1 N–H and O–H groups in total. The molecule has 0 heterocycles. The van der Waals surface area contributed by atoms with Gasteiger partial charge in [-0.15, -0.1) is 0 Å². The van der Waals surface area contributed by atoms with Gasteiger partial charge in [-0.1, -0.05) is 0 Å². The summed E-state index contributed by atoms with van der Waals surface area (Å²) in [5, 5.41) is 9.31. The highest BCUT2D eigenvalue weighted by Crippen LogP contribution is 2.44. The zero-order chi connectivity index (χ0) is 15.7. The summed E-state index contributed by atoms with van der Waals surface area (Å²) in [4.78, 5) is 11.0. The summed E-state index contributed by atoms with van der Waals surface area (Å²) in [6.07, 6.45) is -11.8. The highest BCUT2D eigenvalue weighted by atomic mass is 19.4. The molecule has 0 saturated heterocycles. The third-order valence-corrected chi connectivity index (χ3v) is 2.43. The fourth-order valence-electron chi connectivity index (χ4n) is 1.59. The van der Waals surface area contributed by atoms with E-state index in [2.05, 4.69) is 4.74 Å². The number of hydrogen-bond donors (Lipinski definition) is 1. The number of methoxy groups -OCH3 is 1. The van der Waals surface area contributed by atoms with E-state index in [0.717, 1.165) is 7.11 Å². The van der Waals surface area contributed by atoms with Crippen molar-refractivity contribution in [3.63, 3.8) is 0 Å². The molecule has 9 heteroatoms. The molecular weight excluding hydrogens is 294 g/mol. The highest BCUT2D eigenvalue weighted by Gasteiger charge is 2.45. The topological polar surface area (TPSA) is 46.5 Å². The van der Waals surface area contributed by atoms with Crippen LogP contribution in [0.15, 0.2) is 12.1 Å². The molecule has 0 fully saturated rings. The first kappa shape index (κ1) is 16.1. The van der Waals surface area contributed by atoms with Crippen LogP contribution in [0, 0.1) is 0 Å². The van der Waals surface area contributed by atoms with E-state index in [1.807, 2.05) is 0 Å². The predicted octanol–water partition coefficient (Wildman–Crippen LogP) is 3.15. The molecule has 0 bridgehead atoms. The van der Waals surface area contributed by atoms with Crippen LogP contribution in [-0.2, 0) is 28.3 Å². The summed E-state index contributed by atoms with van der Waals surface area (Å²) in [5.41, 5.74) is -5.23. The van der Waals surface area contributed by atoms with Crippen LogP contribution >= 0.6 is 0 Å². The van der Waals surface area contributed by atoms with Gasteiger partial charge < -0.3 is 9.84 Å². The quantitative estimate of drug-likeness (QED) is 0.674. The number of rotatable bonds is 2. The summed E-state index contributed by atoms with van der Waals surface area (Å²) < 4.78 is 80.4. The Labute approximate surface area is 108 Å². The van der Waals surface area contributed by atoms with Crippen molar-refractivity contribution < 1.29 is 41.0 Å². The van der Waals surface area contributed by atoms with Crippen LogP contribution in [0.3, 0.4) is 0 Å². The molecule has 1 aromatic rings. The number of phenolic OH excluding ortho intramolecular Hbond substituents is 1. The molecule has 0 saturated carbocycles. The minimum atomic E-state index is -5.38. The number of alkyl halides is 6. The number of carbonyl (C=O) groups excluding carboxylic acids is 1. The van der Waals surface area contributed by atoms with Crippen LogP contribution in [-0.4, -0.2) is 18.2 Å². The van der Waals surface area contributed by atoms with E-state index in [-0.39, 0.29) is 6.07 Å². The number of esters is 1. The van der Waals surface area contributed by atoms with E-state index in [9.17, 15) is 36.2 Å². The summed E-state index contributed by atoms with van der Waals surface area (Å²) in [6, 6.07) is 0.565. The molecule has 1 aromatic carbocycles. The van der Waals surface area contributed by atoms with Gasteiger partial charge in [0, 0.05) is 5.56 Å². The zero-order valence-corrected chi connectivity index (χ0v) is 9.89. The van der Waals surface area contributed by atoms with Crippen molar-refractivity contribution in [2.24, 2.45) is 0 Å². The molecule has 1 rings (SSSR count). The number of carbonyl (C=O) groups is 1. The fraction of sp³-hybridized carbons (Fsp3) is 0.364. The molecule has 0 aliphatic carbocycles. The minimum absolute atomic E-state index is 0.110. The molecule has 0 aliphatic heterocycles. The Bertz CT molecular complexity index is 518. The number of aromatic hydroxyl groups is 1. The van der Waals surface area contributed by atoms with Gasteiger partial charge in [0.25, 0.3) is 0 Å². The van der Waals surface area contributed by atoms with Crippen molar-refractivity contribution in [3.05, 3.63) is 28.8 Å². The van der Waals surface area contributed by atoms with Crippen LogP contribution < -0.4 is 0 Å². The van der Waals surface area contributed by atoms with Gasteiger partial charge in [0.15, 0.2) is 0 Å². The SMILES string of the molecule is COC(=O)Cc1c(O)ccc(C(F)(F)F)c1C(F)(F)F. The van der Waals surface area contributed by atoms with Crippen molar-refractivity contribution in [2.75, 3.05) is 7.11 Å². The van der Waals surface area contributed by atoms with Crippen molar-refractivity contribution in [2.45, 2.75) is 18.8 Å². The molecule has 3 nitrogen and oxygen atoms in total. The van der Waals surface area contributed by atoms with Crippen LogP contribution in [0.1, 0.15) is 16.7 Å². The molecule has 0 aliphatic rings. The second-order valence-corrected chi connectivity index (χ2v) is 3.73. The largest absolute Gasteiger partial charge is 0.508 e. The third kappa shape index (κ3) is 3.34. The van der Waals surface area contributed by atoms with Gasteiger partial charge in [0.05, 0.1) is 24.7 Å².